The Hall–Kier alpha value is -1.56. The van der Waals surface area contributed by atoms with Crippen molar-refractivity contribution >= 4 is 17.4 Å². The van der Waals surface area contributed by atoms with Gasteiger partial charge in [0.2, 0.25) is 0 Å². The smallest absolute Gasteiger partial charge is 0.146 e. The summed E-state index contributed by atoms with van der Waals surface area (Å²) in [6, 6.07) is 17.0. The molecule has 0 aromatic heterocycles. The van der Waals surface area contributed by atoms with Crippen LogP contribution >= 0.6 is 11.8 Å². The topological polar surface area (TPSA) is 12.1 Å². The zero-order valence-electron chi connectivity index (χ0n) is 16.8. The summed E-state index contributed by atoms with van der Waals surface area (Å²) in [5.74, 6) is -0.0894. The molecule has 2 aromatic rings. The lowest BCUT2D eigenvalue weighted by Crippen LogP contribution is -3.21. The minimum absolute atomic E-state index is 0.0894. The van der Waals surface area contributed by atoms with Crippen LogP contribution in [0.4, 0.5) is 10.1 Å². The predicted molar refractivity (Wildman–Crippen MR) is 115 cm³/mol. The van der Waals surface area contributed by atoms with Gasteiger partial charge in [-0.1, -0.05) is 24.3 Å². The highest BCUT2D eigenvalue weighted by Crippen LogP contribution is 2.18. The third-order valence-electron chi connectivity index (χ3n) is 6.48. The van der Waals surface area contributed by atoms with E-state index >= 15 is 0 Å². The fourth-order valence-corrected chi connectivity index (χ4v) is 5.20. The van der Waals surface area contributed by atoms with Crippen LogP contribution in [0.15, 0.2) is 53.4 Å². The van der Waals surface area contributed by atoms with Gasteiger partial charge in [-0.05, 0) is 30.5 Å². The highest BCUT2D eigenvalue weighted by molar-refractivity contribution is 7.98. The summed E-state index contributed by atoms with van der Waals surface area (Å²) < 4.78 is 14.0. The van der Waals surface area contributed by atoms with Crippen LogP contribution in [-0.4, -0.2) is 51.6 Å². The zero-order chi connectivity index (χ0) is 19.3. The number of para-hydroxylation sites is 1. The number of quaternary nitrogens is 2. The van der Waals surface area contributed by atoms with E-state index in [1.165, 1.54) is 36.4 Å². The second kappa shape index (κ2) is 9.29. The second-order valence-corrected chi connectivity index (χ2v) is 9.03. The van der Waals surface area contributed by atoms with E-state index in [0.717, 1.165) is 44.5 Å². The molecule has 0 spiro atoms. The molecule has 2 fully saturated rings. The first kappa shape index (κ1) is 19.7. The van der Waals surface area contributed by atoms with Crippen molar-refractivity contribution < 1.29 is 14.2 Å². The lowest BCUT2D eigenvalue weighted by atomic mass is 10.0. The quantitative estimate of drug-likeness (QED) is 0.737. The molecule has 2 N–H and O–H groups in total. The molecule has 0 bridgehead atoms. The molecule has 2 aromatic carbocycles. The molecule has 0 radical (unpaired) electrons. The van der Waals surface area contributed by atoms with E-state index in [-0.39, 0.29) is 5.82 Å². The number of nitrogens with one attached hydrogen (secondary N) is 2. The molecule has 5 heteroatoms. The van der Waals surface area contributed by atoms with E-state index in [0.29, 0.717) is 0 Å². The second-order valence-electron chi connectivity index (χ2n) is 8.15. The standard InChI is InChI=1S/C23H30FN3S/c1-28-21-8-6-19(7-9-21)18-25-12-10-20(11-13-25)26-14-16-27(17-15-26)23-5-3-2-4-22(23)24/h2-9,20H,10-18H2,1H3/p+2. The summed E-state index contributed by atoms with van der Waals surface area (Å²) in [4.78, 5) is 7.02. The zero-order valence-corrected chi connectivity index (χ0v) is 17.6. The maximum atomic E-state index is 14.0. The number of piperidine rings is 1. The molecule has 2 heterocycles. The van der Waals surface area contributed by atoms with Gasteiger partial charge < -0.3 is 14.7 Å². The average Bonchev–Trinajstić information content (AvgIpc) is 2.75. The molecule has 2 aliphatic heterocycles. The molecule has 2 saturated heterocycles. The highest BCUT2D eigenvalue weighted by Gasteiger charge is 2.32. The van der Waals surface area contributed by atoms with Crippen LogP contribution < -0.4 is 14.7 Å². The fraction of sp³-hybridized carbons (Fsp3) is 0.478. The Morgan fingerprint density at radius 2 is 1.64 bits per heavy atom. The van der Waals surface area contributed by atoms with Crippen molar-refractivity contribution in [1.82, 2.24) is 0 Å². The average molecular weight is 402 g/mol. The summed E-state index contributed by atoms with van der Waals surface area (Å²) in [6.07, 6.45) is 4.75. The maximum Gasteiger partial charge on any atom is 0.146 e. The summed E-state index contributed by atoms with van der Waals surface area (Å²) in [5, 5.41) is 0. The Kier molecular flexibility index (Phi) is 6.55. The Morgan fingerprint density at radius 3 is 2.29 bits per heavy atom. The van der Waals surface area contributed by atoms with Gasteiger partial charge in [-0.25, -0.2) is 4.39 Å². The minimum Gasteiger partial charge on any atom is -0.358 e. The minimum atomic E-state index is -0.0894. The van der Waals surface area contributed by atoms with E-state index in [2.05, 4.69) is 35.4 Å². The van der Waals surface area contributed by atoms with Crippen molar-refractivity contribution in [2.75, 3.05) is 50.4 Å². The third-order valence-corrected chi connectivity index (χ3v) is 7.23. The van der Waals surface area contributed by atoms with Gasteiger partial charge in [-0.3, -0.25) is 0 Å². The Bertz CT molecular complexity index is 751. The first-order chi connectivity index (χ1) is 13.7. The van der Waals surface area contributed by atoms with Crippen molar-refractivity contribution in [1.29, 1.82) is 0 Å². The van der Waals surface area contributed by atoms with E-state index in [9.17, 15) is 4.39 Å². The molecule has 0 amide bonds. The summed E-state index contributed by atoms with van der Waals surface area (Å²) in [7, 11) is 0. The highest BCUT2D eigenvalue weighted by atomic mass is 32.2. The van der Waals surface area contributed by atoms with Gasteiger partial charge in [0.25, 0.3) is 0 Å². The number of nitrogens with zero attached hydrogens (tertiary/aromatic N) is 1. The molecule has 0 aliphatic carbocycles. The SMILES string of the molecule is CSc1ccc(C[NH+]2CCC([NH+]3CCN(c4ccccc4F)CC3)CC2)cc1. The first-order valence-corrected chi connectivity index (χ1v) is 11.8. The molecule has 4 rings (SSSR count). The Balaban J connectivity index is 1.24. The lowest BCUT2D eigenvalue weighted by molar-refractivity contribution is -0.963. The normalized spacial score (nSPS) is 23.7. The lowest BCUT2D eigenvalue weighted by Gasteiger charge is -2.40. The number of thioether (sulfide) groups is 1. The summed E-state index contributed by atoms with van der Waals surface area (Å²) in [6.45, 7) is 7.88. The number of piperazine rings is 1. The van der Waals surface area contributed by atoms with E-state index in [4.69, 9.17) is 0 Å². The summed E-state index contributed by atoms with van der Waals surface area (Å²) in [5.41, 5.74) is 2.23. The van der Waals surface area contributed by atoms with Crippen LogP contribution in [0.25, 0.3) is 0 Å². The van der Waals surface area contributed by atoms with Crippen molar-refractivity contribution in [3.05, 3.63) is 59.9 Å². The van der Waals surface area contributed by atoms with Crippen molar-refractivity contribution in [3.8, 4) is 0 Å². The molecule has 150 valence electrons. The van der Waals surface area contributed by atoms with Gasteiger partial charge in [-0.2, -0.15) is 0 Å². The van der Waals surface area contributed by atoms with E-state index in [1.54, 1.807) is 33.7 Å². The maximum absolute atomic E-state index is 14.0. The molecule has 28 heavy (non-hydrogen) atoms. The van der Waals surface area contributed by atoms with Crippen molar-refractivity contribution in [2.45, 2.75) is 30.3 Å². The van der Waals surface area contributed by atoms with Gasteiger partial charge in [0.1, 0.15) is 12.4 Å². The monoisotopic (exact) mass is 401 g/mol. The fourth-order valence-electron chi connectivity index (χ4n) is 4.79. The molecule has 0 unspecified atom stereocenters. The first-order valence-electron chi connectivity index (χ1n) is 10.5. The van der Waals surface area contributed by atoms with Gasteiger partial charge >= 0.3 is 0 Å². The van der Waals surface area contributed by atoms with Gasteiger partial charge in [0, 0.05) is 23.3 Å². The predicted octanol–water partition coefficient (Wildman–Crippen LogP) is 1.50. The molecule has 0 saturated carbocycles. The van der Waals surface area contributed by atoms with Gasteiger partial charge in [0.05, 0.1) is 51.0 Å². The van der Waals surface area contributed by atoms with Crippen LogP contribution in [0.3, 0.4) is 0 Å². The van der Waals surface area contributed by atoms with Crippen LogP contribution in [0.1, 0.15) is 18.4 Å². The van der Waals surface area contributed by atoms with E-state index in [1.807, 2.05) is 12.1 Å². The number of benzene rings is 2. The van der Waals surface area contributed by atoms with Gasteiger partial charge in [-0.15, -0.1) is 11.8 Å². The summed E-state index contributed by atoms with van der Waals surface area (Å²) >= 11 is 1.81. The van der Waals surface area contributed by atoms with E-state index < -0.39 is 0 Å². The van der Waals surface area contributed by atoms with Crippen LogP contribution in [0.2, 0.25) is 0 Å². The number of rotatable bonds is 5. The molecular weight excluding hydrogens is 369 g/mol. The molecular formula is C23H32FN3S+2. The molecule has 0 atom stereocenters. The number of halogens is 1. The Morgan fingerprint density at radius 1 is 0.964 bits per heavy atom. The molecule has 3 nitrogen and oxygen atoms in total. The Labute approximate surface area is 172 Å². The third kappa shape index (κ3) is 4.70. The van der Waals surface area contributed by atoms with Crippen LogP contribution in [0, 0.1) is 5.82 Å². The van der Waals surface area contributed by atoms with Gasteiger partial charge in [0.15, 0.2) is 0 Å². The number of hydrogen-bond donors (Lipinski definition) is 2. The van der Waals surface area contributed by atoms with Crippen molar-refractivity contribution in [3.63, 3.8) is 0 Å². The number of likely N-dealkylation sites (tertiary alicyclic amines) is 1. The van der Waals surface area contributed by atoms with Crippen LogP contribution in [0.5, 0.6) is 0 Å². The van der Waals surface area contributed by atoms with Crippen LogP contribution in [-0.2, 0) is 6.54 Å². The number of hydrogen-bond acceptors (Lipinski definition) is 2. The largest absolute Gasteiger partial charge is 0.358 e. The molecule has 2 aliphatic rings. The van der Waals surface area contributed by atoms with Crippen molar-refractivity contribution in [2.24, 2.45) is 0 Å². The number of anilines is 1.